The molecule has 1 aliphatic heterocycles. The molecule has 0 fully saturated rings. The molecule has 1 heterocycles. The van der Waals surface area contributed by atoms with Crippen LogP contribution in [0.3, 0.4) is 0 Å². The summed E-state index contributed by atoms with van der Waals surface area (Å²) in [5.74, 6) is 1.76. The molecule has 0 amide bonds. The minimum atomic E-state index is -2.92. The third-order valence-corrected chi connectivity index (χ3v) is 4.46. The van der Waals surface area contributed by atoms with E-state index in [-0.39, 0.29) is 11.8 Å². The maximum Gasteiger partial charge on any atom is 0.166 e. The minimum Gasteiger partial charge on any atom is -0.486 e. The minimum absolute atomic E-state index is 0.0772. The van der Waals surface area contributed by atoms with Gasteiger partial charge in [0.2, 0.25) is 0 Å². The van der Waals surface area contributed by atoms with Crippen molar-refractivity contribution in [2.75, 3.05) is 31.8 Å². The van der Waals surface area contributed by atoms with E-state index in [9.17, 15) is 8.42 Å². The summed E-state index contributed by atoms with van der Waals surface area (Å²) in [6, 6.07) is 5.94. The molecule has 0 spiro atoms. The van der Waals surface area contributed by atoms with Gasteiger partial charge in [0.05, 0.1) is 0 Å². The van der Waals surface area contributed by atoms with Crippen LogP contribution in [-0.2, 0) is 9.84 Å². The van der Waals surface area contributed by atoms with Crippen molar-refractivity contribution in [3.05, 3.63) is 23.8 Å². The number of ether oxygens (including phenoxy) is 2. The van der Waals surface area contributed by atoms with Crippen molar-refractivity contribution >= 4 is 9.84 Å². The highest BCUT2D eigenvalue weighted by molar-refractivity contribution is 7.90. The van der Waals surface area contributed by atoms with Crippen LogP contribution in [-0.4, -0.2) is 40.2 Å². The first-order chi connectivity index (χ1) is 10.0. The molecule has 1 aliphatic rings. The third-order valence-electron chi connectivity index (χ3n) is 3.43. The molecule has 6 heteroatoms. The zero-order chi connectivity index (χ0) is 15.3. The first-order valence-corrected chi connectivity index (χ1v) is 9.37. The van der Waals surface area contributed by atoms with Crippen molar-refractivity contribution in [2.24, 2.45) is 0 Å². The number of hydrogen-bond donors (Lipinski definition) is 1. The molecule has 1 unspecified atom stereocenters. The number of benzene rings is 1. The SMILES string of the molecule is CCNC(CCCS(C)(=O)=O)c1cccc2c1OCCO2. The summed E-state index contributed by atoms with van der Waals surface area (Å²) in [5, 5.41) is 3.40. The van der Waals surface area contributed by atoms with Crippen LogP contribution in [0, 0.1) is 0 Å². The van der Waals surface area contributed by atoms with Crippen molar-refractivity contribution in [3.63, 3.8) is 0 Å². The van der Waals surface area contributed by atoms with Gasteiger partial charge in [0, 0.05) is 23.6 Å². The predicted molar refractivity (Wildman–Crippen MR) is 82.8 cm³/mol. The lowest BCUT2D eigenvalue weighted by atomic mass is 10.0. The van der Waals surface area contributed by atoms with Crippen LogP contribution in [0.5, 0.6) is 11.5 Å². The van der Waals surface area contributed by atoms with E-state index >= 15 is 0 Å². The number of rotatable bonds is 7. The molecule has 0 saturated heterocycles. The fourth-order valence-corrected chi connectivity index (χ4v) is 3.23. The van der Waals surface area contributed by atoms with E-state index in [1.165, 1.54) is 6.26 Å². The Morgan fingerprint density at radius 3 is 2.76 bits per heavy atom. The molecule has 2 rings (SSSR count). The standard InChI is InChI=1S/C15H23NO4S/c1-3-16-13(7-5-11-21(2,17)18)12-6-4-8-14-15(12)20-10-9-19-14/h4,6,8,13,16H,3,5,7,9-11H2,1-2H3. The van der Waals surface area contributed by atoms with E-state index in [0.29, 0.717) is 19.6 Å². The van der Waals surface area contributed by atoms with E-state index in [0.717, 1.165) is 30.0 Å². The molecular weight excluding hydrogens is 290 g/mol. The van der Waals surface area contributed by atoms with Crippen LogP contribution >= 0.6 is 0 Å². The molecule has 1 atom stereocenters. The summed E-state index contributed by atoms with van der Waals surface area (Å²) >= 11 is 0. The summed E-state index contributed by atoms with van der Waals surface area (Å²) in [7, 11) is -2.92. The van der Waals surface area contributed by atoms with Crippen LogP contribution in [0.4, 0.5) is 0 Å². The highest BCUT2D eigenvalue weighted by Gasteiger charge is 2.21. The summed E-state index contributed by atoms with van der Waals surface area (Å²) in [5.41, 5.74) is 1.04. The van der Waals surface area contributed by atoms with Crippen molar-refractivity contribution in [1.82, 2.24) is 5.32 Å². The summed E-state index contributed by atoms with van der Waals surface area (Å²) in [6.07, 6.45) is 2.65. The van der Waals surface area contributed by atoms with Gasteiger partial charge in [-0.05, 0) is 25.5 Å². The molecule has 0 saturated carbocycles. The van der Waals surface area contributed by atoms with Crippen molar-refractivity contribution in [3.8, 4) is 11.5 Å². The molecule has 0 aliphatic carbocycles. The number of sulfone groups is 1. The smallest absolute Gasteiger partial charge is 0.166 e. The Balaban J connectivity index is 2.14. The Labute approximate surface area is 126 Å². The van der Waals surface area contributed by atoms with Crippen molar-refractivity contribution in [2.45, 2.75) is 25.8 Å². The van der Waals surface area contributed by atoms with Gasteiger partial charge >= 0.3 is 0 Å². The van der Waals surface area contributed by atoms with E-state index in [1.54, 1.807) is 0 Å². The first-order valence-electron chi connectivity index (χ1n) is 7.31. The molecule has 0 radical (unpaired) electrons. The molecule has 21 heavy (non-hydrogen) atoms. The van der Waals surface area contributed by atoms with E-state index in [2.05, 4.69) is 5.32 Å². The van der Waals surface area contributed by atoms with E-state index in [4.69, 9.17) is 9.47 Å². The van der Waals surface area contributed by atoms with Gasteiger partial charge in [0.1, 0.15) is 23.1 Å². The Morgan fingerprint density at radius 2 is 2.05 bits per heavy atom. The van der Waals surface area contributed by atoms with Gasteiger partial charge in [-0.3, -0.25) is 0 Å². The van der Waals surface area contributed by atoms with Crippen LogP contribution < -0.4 is 14.8 Å². The lowest BCUT2D eigenvalue weighted by Crippen LogP contribution is -2.24. The average molecular weight is 313 g/mol. The second-order valence-corrected chi connectivity index (χ2v) is 7.51. The fraction of sp³-hybridized carbons (Fsp3) is 0.600. The lowest BCUT2D eigenvalue weighted by Gasteiger charge is -2.25. The second kappa shape index (κ2) is 7.13. The molecule has 1 aromatic carbocycles. The number of para-hydroxylation sites is 1. The Morgan fingerprint density at radius 1 is 1.29 bits per heavy atom. The van der Waals surface area contributed by atoms with E-state index in [1.807, 2.05) is 25.1 Å². The highest BCUT2D eigenvalue weighted by atomic mass is 32.2. The van der Waals surface area contributed by atoms with Gasteiger partial charge in [-0.2, -0.15) is 0 Å². The normalized spacial score (nSPS) is 15.7. The van der Waals surface area contributed by atoms with Crippen LogP contribution in [0.2, 0.25) is 0 Å². The Hall–Kier alpha value is -1.27. The molecule has 1 aromatic rings. The average Bonchev–Trinajstić information content (AvgIpc) is 2.44. The zero-order valence-electron chi connectivity index (χ0n) is 12.6. The maximum atomic E-state index is 11.3. The van der Waals surface area contributed by atoms with Gasteiger partial charge < -0.3 is 14.8 Å². The first kappa shape index (κ1) is 16.1. The van der Waals surface area contributed by atoms with Crippen molar-refractivity contribution in [1.29, 1.82) is 0 Å². The second-order valence-electron chi connectivity index (χ2n) is 5.25. The highest BCUT2D eigenvalue weighted by Crippen LogP contribution is 2.38. The summed E-state index contributed by atoms with van der Waals surface area (Å²) in [6.45, 7) is 3.97. The molecule has 118 valence electrons. The number of nitrogens with one attached hydrogen (secondary N) is 1. The molecule has 0 bridgehead atoms. The quantitative estimate of drug-likeness (QED) is 0.833. The van der Waals surface area contributed by atoms with Gasteiger partial charge in [-0.1, -0.05) is 19.1 Å². The van der Waals surface area contributed by atoms with E-state index < -0.39 is 9.84 Å². The largest absolute Gasteiger partial charge is 0.486 e. The van der Waals surface area contributed by atoms with Gasteiger partial charge in [0.15, 0.2) is 11.5 Å². The van der Waals surface area contributed by atoms with Crippen LogP contribution in [0.1, 0.15) is 31.4 Å². The van der Waals surface area contributed by atoms with Gasteiger partial charge in [-0.15, -0.1) is 0 Å². The van der Waals surface area contributed by atoms with Crippen LogP contribution in [0.25, 0.3) is 0 Å². The summed E-state index contributed by atoms with van der Waals surface area (Å²) in [4.78, 5) is 0. The number of fused-ring (bicyclic) bond motifs is 1. The monoisotopic (exact) mass is 313 g/mol. The lowest BCUT2D eigenvalue weighted by molar-refractivity contribution is 0.168. The van der Waals surface area contributed by atoms with Crippen molar-refractivity contribution < 1.29 is 17.9 Å². The molecule has 5 nitrogen and oxygen atoms in total. The Bertz CT molecular complexity index is 571. The maximum absolute atomic E-state index is 11.3. The predicted octanol–water partition coefficient (Wildman–Crippen LogP) is 1.93. The summed E-state index contributed by atoms with van der Waals surface area (Å²) < 4.78 is 33.9. The number of hydrogen-bond acceptors (Lipinski definition) is 5. The topological polar surface area (TPSA) is 64.6 Å². The zero-order valence-corrected chi connectivity index (χ0v) is 13.4. The molecule has 0 aromatic heterocycles. The molecular formula is C15H23NO4S. The van der Waals surface area contributed by atoms with Gasteiger partial charge in [-0.25, -0.2) is 8.42 Å². The Kier molecular flexibility index (Phi) is 5.47. The van der Waals surface area contributed by atoms with Crippen LogP contribution in [0.15, 0.2) is 18.2 Å². The van der Waals surface area contributed by atoms with Gasteiger partial charge in [0.25, 0.3) is 0 Å². The molecule has 1 N–H and O–H groups in total. The third kappa shape index (κ3) is 4.61. The fourth-order valence-electron chi connectivity index (χ4n) is 2.53.